The molecule has 0 aromatic rings. The molecule has 0 spiro atoms. The standard InChI is InChI=1S/C13H28N2O4/c1-13(14-2,12(16)17)6-5-7-15(8-10-18-3)9-11-19-4/h14H,5-11H2,1-4H3,(H,16,17). The Morgan fingerprint density at radius 2 is 1.74 bits per heavy atom. The van der Waals surface area contributed by atoms with Crippen molar-refractivity contribution in [3.63, 3.8) is 0 Å². The molecule has 0 radical (unpaired) electrons. The van der Waals surface area contributed by atoms with Crippen molar-refractivity contribution in [3.05, 3.63) is 0 Å². The maximum Gasteiger partial charge on any atom is 0.323 e. The van der Waals surface area contributed by atoms with Gasteiger partial charge >= 0.3 is 5.97 Å². The first-order valence-electron chi connectivity index (χ1n) is 6.62. The summed E-state index contributed by atoms with van der Waals surface area (Å²) in [6.07, 6.45) is 1.41. The third-order valence-electron chi connectivity index (χ3n) is 3.40. The Labute approximate surface area is 116 Å². The van der Waals surface area contributed by atoms with E-state index in [-0.39, 0.29) is 0 Å². The lowest BCUT2D eigenvalue weighted by atomic mass is 9.96. The van der Waals surface area contributed by atoms with E-state index in [0.717, 1.165) is 26.1 Å². The Balaban J connectivity index is 4.11. The van der Waals surface area contributed by atoms with E-state index >= 15 is 0 Å². The van der Waals surface area contributed by atoms with Gasteiger partial charge in [-0.1, -0.05) is 0 Å². The summed E-state index contributed by atoms with van der Waals surface area (Å²) < 4.78 is 10.1. The summed E-state index contributed by atoms with van der Waals surface area (Å²) in [7, 11) is 5.04. The molecule has 2 N–H and O–H groups in total. The first-order valence-corrected chi connectivity index (χ1v) is 6.62. The van der Waals surface area contributed by atoms with Gasteiger partial charge in [0.25, 0.3) is 0 Å². The summed E-state index contributed by atoms with van der Waals surface area (Å²) in [5.74, 6) is -0.810. The molecule has 0 rings (SSSR count). The third-order valence-corrected chi connectivity index (χ3v) is 3.40. The molecule has 0 saturated heterocycles. The second-order valence-electron chi connectivity index (χ2n) is 4.82. The lowest BCUT2D eigenvalue weighted by Gasteiger charge is -2.26. The summed E-state index contributed by atoms with van der Waals surface area (Å²) in [4.78, 5) is 13.4. The number of aliphatic carboxylic acids is 1. The number of nitrogens with one attached hydrogen (secondary N) is 1. The van der Waals surface area contributed by atoms with Gasteiger partial charge in [-0.3, -0.25) is 9.69 Å². The zero-order valence-electron chi connectivity index (χ0n) is 12.6. The maximum atomic E-state index is 11.2. The van der Waals surface area contributed by atoms with E-state index in [9.17, 15) is 4.79 Å². The third kappa shape index (κ3) is 7.47. The second-order valence-corrected chi connectivity index (χ2v) is 4.82. The summed E-state index contributed by atoms with van der Waals surface area (Å²) in [5, 5.41) is 12.0. The number of ether oxygens (including phenoxy) is 2. The topological polar surface area (TPSA) is 71.0 Å². The molecule has 1 unspecified atom stereocenters. The van der Waals surface area contributed by atoms with Crippen LogP contribution in [0.4, 0.5) is 0 Å². The number of rotatable bonds is 12. The SMILES string of the molecule is CNC(C)(CCCN(CCOC)CCOC)C(=O)O. The largest absolute Gasteiger partial charge is 0.480 e. The van der Waals surface area contributed by atoms with E-state index in [1.807, 2.05) is 0 Å². The molecule has 0 fully saturated rings. The maximum absolute atomic E-state index is 11.2. The van der Waals surface area contributed by atoms with Gasteiger partial charge in [0.1, 0.15) is 5.54 Å². The van der Waals surface area contributed by atoms with Gasteiger partial charge in [-0.25, -0.2) is 0 Å². The van der Waals surface area contributed by atoms with Crippen molar-refractivity contribution in [3.8, 4) is 0 Å². The Kier molecular flexibility index (Phi) is 9.77. The molecule has 0 amide bonds. The van der Waals surface area contributed by atoms with Crippen LogP contribution in [0.15, 0.2) is 0 Å². The highest BCUT2D eigenvalue weighted by molar-refractivity contribution is 5.78. The van der Waals surface area contributed by atoms with Crippen LogP contribution in [0.2, 0.25) is 0 Å². The molecule has 0 aliphatic heterocycles. The number of hydrogen-bond acceptors (Lipinski definition) is 5. The number of carboxylic acid groups (broad SMARTS) is 1. The van der Waals surface area contributed by atoms with Gasteiger partial charge in [0.05, 0.1) is 13.2 Å². The molecule has 19 heavy (non-hydrogen) atoms. The molecule has 6 nitrogen and oxygen atoms in total. The Bertz CT molecular complexity index is 243. The number of nitrogens with zero attached hydrogens (tertiary/aromatic N) is 1. The number of methoxy groups -OCH3 is 2. The highest BCUT2D eigenvalue weighted by Crippen LogP contribution is 2.12. The molecule has 0 aliphatic carbocycles. The zero-order valence-corrected chi connectivity index (χ0v) is 12.6. The molecule has 0 saturated carbocycles. The minimum atomic E-state index is -0.853. The van der Waals surface area contributed by atoms with Crippen molar-refractivity contribution >= 4 is 5.97 Å². The van der Waals surface area contributed by atoms with Crippen LogP contribution in [0, 0.1) is 0 Å². The van der Waals surface area contributed by atoms with Gasteiger partial charge in [0, 0.05) is 27.3 Å². The van der Waals surface area contributed by atoms with Crippen molar-refractivity contribution < 1.29 is 19.4 Å². The van der Waals surface area contributed by atoms with Crippen molar-refractivity contribution in [1.29, 1.82) is 0 Å². The van der Waals surface area contributed by atoms with E-state index in [2.05, 4.69) is 10.2 Å². The molecule has 0 heterocycles. The molecule has 0 aliphatic rings. The highest BCUT2D eigenvalue weighted by atomic mass is 16.5. The summed E-state index contributed by atoms with van der Waals surface area (Å²) in [5.41, 5.74) is -0.853. The summed E-state index contributed by atoms with van der Waals surface area (Å²) in [6.45, 7) is 5.57. The Morgan fingerprint density at radius 3 is 2.11 bits per heavy atom. The molecular formula is C13H28N2O4. The van der Waals surface area contributed by atoms with Gasteiger partial charge in [-0.2, -0.15) is 0 Å². The van der Waals surface area contributed by atoms with Crippen molar-refractivity contribution in [2.45, 2.75) is 25.3 Å². The van der Waals surface area contributed by atoms with Gasteiger partial charge in [-0.15, -0.1) is 0 Å². The molecule has 1 atom stereocenters. The van der Waals surface area contributed by atoms with Crippen LogP contribution in [0.3, 0.4) is 0 Å². The van der Waals surface area contributed by atoms with E-state index in [1.54, 1.807) is 28.2 Å². The number of likely N-dealkylation sites (N-methyl/N-ethyl adjacent to an activating group) is 1. The quantitative estimate of drug-likeness (QED) is 0.538. The number of carbonyl (C=O) groups is 1. The fraction of sp³-hybridized carbons (Fsp3) is 0.923. The smallest absolute Gasteiger partial charge is 0.323 e. The minimum Gasteiger partial charge on any atom is -0.480 e. The van der Waals surface area contributed by atoms with Crippen molar-refractivity contribution in [1.82, 2.24) is 10.2 Å². The van der Waals surface area contributed by atoms with E-state index in [4.69, 9.17) is 14.6 Å². The molecule has 0 aromatic carbocycles. The fourth-order valence-electron chi connectivity index (χ4n) is 1.77. The molecule has 6 heteroatoms. The second kappa shape index (κ2) is 10.1. The molecule has 0 aromatic heterocycles. The predicted octanol–water partition coefficient (Wildman–Crippen LogP) is 0.424. The van der Waals surface area contributed by atoms with Crippen molar-refractivity contribution in [2.75, 3.05) is 54.1 Å². The lowest BCUT2D eigenvalue weighted by molar-refractivity contribution is -0.144. The lowest BCUT2D eigenvalue weighted by Crippen LogP contribution is -2.48. The van der Waals surface area contributed by atoms with Crippen LogP contribution in [0.25, 0.3) is 0 Å². The van der Waals surface area contributed by atoms with Crippen LogP contribution >= 0.6 is 0 Å². The number of carboxylic acids is 1. The van der Waals surface area contributed by atoms with E-state index in [0.29, 0.717) is 19.6 Å². The van der Waals surface area contributed by atoms with Crippen LogP contribution < -0.4 is 5.32 Å². The normalized spacial score (nSPS) is 14.6. The van der Waals surface area contributed by atoms with Gasteiger partial charge in [-0.05, 0) is 33.4 Å². The van der Waals surface area contributed by atoms with Crippen LogP contribution in [-0.4, -0.2) is 75.6 Å². The molecule has 114 valence electrons. The van der Waals surface area contributed by atoms with Gasteiger partial charge in [0.15, 0.2) is 0 Å². The monoisotopic (exact) mass is 276 g/mol. The van der Waals surface area contributed by atoms with E-state index in [1.165, 1.54) is 0 Å². The van der Waals surface area contributed by atoms with E-state index < -0.39 is 11.5 Å². The van der Waals surface area contributed by atoms with Crippen molar-refractivity contribution in [2.24, 2.45) is 0 Å². The van der Waals surface area contributed by atoms with Gasteiger partial charge in [0.2, 0.25) is 0 Å². The molecule has 0 bridgehead atoms. The van der Waals surface area contributed by atoms with Crippen LogP contribution in [0.1, 0.15) is 19.8 Å². The van der Waals surface area contributed by atoms with Crippen LogP contribution in [-0.2, 0) is 14.3 Å². The Morgan fingerprint density at radius 1 is 1.21 bits per heavy atom. The summed E-state index contributed by atoms with van der Waals surface area (Å²) in [6, 6.07) is 0. The predicted molar refractivity (Wildman–Crippen MR) is 74.5 cm³/mol. The fourth-order valence-corrected chi connectivity index (χ4v) is 1.77. The average Bonchev–Trinajstić information content (AvgIpc) is 2.40. The average molecular weight is 276 g/mol. The highest BCUT2D eigenvalue weighted by Gasteiger charge is 2.30. The minimum absolute atomic E-state index is 0.593. The first-order chi connectivity index (χ1) is 9.00. The molecular weight excluding hydrogens is 248 g/mol. The van der Waals surface area contributed by atoms with Crippen LogP contribution in [0.5, 0.6) is 0 Å². The summed E-state index contributed by atoms with van der Waals surface area (Å²) >= 11 is 0. The zero-order chi connectivity index (χ0) is 14.7. The Hall–Kier alpha value is -0.690. The number of hydrogen-bond donors (Lipinski definition) is 2. The first kappa shape index (κ1) is 18.3. The van der Waals surface area contributed by atoms with Gasteiger partial charge < -0.3 is 19.9 Å².